The number of amides is 1. The van der Waals surface area contributed by atoms with E-state index in [0.717, 1.165) is 24.3 Å². The lowest BCUT2D eigenvalue weighted by molar-refractivity contribution is -0.113. The Morgan fingerprint density at radius 3 is 1.74 bits per heavy atom. The van der Waals surface area contributed by atoms with Gasteiger partial charge in [0, 0.05) is 5.69 Å². The van der Waals surface area contributed by atoms with Crippen molar-refractivity contribution < 1.29 is 39.6 Å². The third-order valence-electron chi connectivity index (χ3n) is 3.15. The van der Waals surface area contributed by atoms with E-state index >= 15 is 0 Å². The number of carbonyl (C=O) groups excluding carboxylic acids is 1. The van der Waals surface area contributed by atoms with Gasteiger partial charge < -0.3 is 5.73 Å². The van der Waals surface area contributed by atoms with Crippen LogP contribution in [0.4, 0.5) is 32.0 Å². The summed E-state index contributed by atoms with van der Waals surface area (Å²) in [5.41, 5.74) is 2.92. The Bertz CT molecular complexity index is 1020. The van der Waals surface area contributed by atoms with Crippen molar-refractivity contribution in [2.24, 2.45) is 5.73 Å². The monoisotopic (exact) mass is 410 g/mol. The summed E-state index contributed by atoms with van der Waals surface area (Å²) in [4.78, 5) is 9.93. The minimum atomic E-state index is -4.91. The first kappa shape index (κ1) is 20.3. The van der Waals surface area contributed by atoms with Crippen LogP contribution in [0.1, 0.15) is 5.56 Å². The topological polar surface area (TPSA) is 89.3 Å². The molecule has 0 fully saturated rings. The van der Waals surface area contributed by atoms with Crippen molar-refractivity contribution in [3.8, 4) is 0 Å². The number of hydrogen-bond acceptors (Lipinski definition) is 3. The number of carbonyl (C=O) groups is 1. The van der Waals surface area contributed by atoms with Crippen LogP contribution in [0.2, 0.25) is 0 Å². The average molecular weight is 410 g/mol. The van der Waals surface area contributed by atoms with E-state index in [1.807, 2.05) is 0 Å². The van der Waals surface area contributed by atoms with Crippen LogP contribution in [0, 0.1) is 34.9 Å². The lowest BCUT2D eigenvalue weighted by Gasteiger charge is -2.10. The summed E-state index contributed by atoms with van der Waals surface area (Å²) in [6.07, 6.45) is -0.0928. The fourth-order valence-corrected chi connectivity index (χ4v) is 2.98. The van der Waals surface area contributed by atoms with Gasteiger partial charge in [0.2, 0.25) is 5.82 Å². The smallest absolute Gasteiger partial charge is 0.267 e. The van der Waals surface area contributed by atoms with E-state index in [2.05, 4.69) is 0 Å². The number of hydrogen-bond donors (Lipinski definition) is 2. The minimum Gasteiger partial charge on any atom is -0.365 e. The lowest BCUT2D eigenvalue weighted by atomic mass is 10.1. The molecule has 0 bridgehead atoms. The molecule has 27 heavy (non-hydrogen) atoms. The molecule has 0 saturated heterocycles. The summed E-state index contributed by atoms with van der Waals surface area (Å²) in [7, 11) is -4.91. The summed E-state index contributed by atoms with van der Waals surface area (Å²) >= 11 is 0. The number of nitrogens with one attached hydrogen (secondary N) is 1. The van der Waals surface area contributed by atoms with E-state index in [0.29, 0.717) is 0 Å². The lowest BCUT2D eigenvalue weighted by Crippen LogP contribution is -2.26. The van der Waals surface area contributed by atoms with Crippen LogP contribution in [0.3, 0.4) is 0 Å². The van der Waals surface area contributed by atoms with Crippen molar-refractivity contribution in [1.82, 2.24) is 0 Å². The van der Waals surface area contributed by atoms with Gasteiger partial charge >= 0.3 is 0 Å². The Morgan fingerprint density at radius 1 is 0.852 bits per heavy atom. The van der Waals surface area contributed by atoms with Gasteiger partial charge in [-0.2, -0.15) is 0 Å². The number of benzene rings is 2. The molecule has 0 aliphatic heterocycles. The first-order valence-electron chi connectivity index (χ1n) is 6.77. The molecule has 0 radical (unpaired) electrons. The fraction of sp³-hybridized carbons (Fsp3) is 0. The van der Waals surface area contributed by atoms with Gasteiger partial charge in [-0.05, 0) is 30.3 Å². The maximum atomic E-state index is 13.7. The van der Waals surface area contributed by atoms with Gasteiger partial charge in [-0.3, -0.25) is 9.52 Å². The molecule has 5 nitrogen and oxygen atoms in total. The molecule has 2 aromatic rings. The Labute approximate surface area is 148 Å². The van der Waals surface area contributed by atoms with Gasteiger partial charge in [0.1, 0.15) is 5.82 Å². The molecule has 0 unspecified atom stereocenters. The molecule has 144 valence electrons. The first-order valence-corrected chi connectivity index (χ1v) is 8.25. The van der Waals surface area contributed by atoms with E-state index in [1.165, 1.54) is 0 Å². The van der Waals surface area contributed by atoms with Gasteiger partial charge in [-0.15, -0.1) is 0 Å². The molecule has 0 aliphatic rings. The standard InChI is InChI=1S/C15H8F6N2O3S/c16-6-1-3-7(4-2-6)23-27(25,26)9(15(22)24)5-8-10(17)12(19)14(21)13(20)11(8)18/h1-5,23H,(H2,22,24). The molecule has 3 N–H and O–H groups in total. The molecule has 2 rings (SSSR count). The summed E-state index contributed by atoms with van der Waals surface area (Å²) in [6.45, 7) is 0. The fourth-order valence-electron chi connectivity index (χ4n) is 1.89. The van der Waals surface area contributed by atoms with Crippen molar-refractivity contribution in [2.45, 2.75) is 0 Å². The van der Waals surface area contributed by atoms with Gasteiger partial charge in [-0.1, -0.05) is 0 Å². The number of rotatable bonds is 5. The quantitative estimate of drug-likeness (QED) is 0.344. The Balaban J connectivity index is 2.61. The third-order valence-corrected chi connectivity index (χ3v) is 4.55. The largest absolute Gasteiger partial charge is 0.365 e. The Kier molecular flexibility index (Phi) is 5.49. The van der Waals surface area contributed by atoms with Gasteiger partial charge in [0.05, 0.1) is 5.56 Å². The Hall–Kier alpha value is -3.02. The van der Waals surface area contributed by atoms with Crippen molar-refractivity contribution in [2.75, 3.05) is 4.72 Å². The zero-order valence-electron chi connectivity index (χ0n) is 12.9. The van der Waals surface area contributed by atoms with Crippen LogP contribution in [0.25, 0.3) is 6.08 Å². The second-order valence-corrected chi connectivity index (χ2v) is 6.62. The highest BCUT2D eigenvalue weighted by atomic mass is 32.2. The van der Waals surface area contributed by atoms with E-state index in [9.17, 15) is 39.6 Å². The molecule has 0 aromatic heterocycles. The number of primary amides is 1. The van der Waals surface area contributed by atoms with E-state index in [1.54, 1.807) is 4.72 Å². The number of halogens is 6. The molecule has 0 saturated carbocycles. The SMILES string of the molecule is NC(=O)C(=Cc1c(F)c(F)c(F)c(F)c1F)S(=O)(=O)Nc1ccc(F)cc1. The highest BCUT2D eigenvalue weighted by Gasteiger charge is 2.29. The van der Waals surface area contributed by atoms with Crippen LogP contribution in [-0.2, 0) is 14.8 Å². The van der Waals surface area contributed by atoms with Crippen molar-refractivity contribution >= 4 is 27.7 Å². The maximum absolute atomic E-state index is 13.7. The molecule has 1 amide bonds. The summed E-state index contributed by atoms with van der Waals surface area (Å²) in [5, 5.41) is 0. The Morgan fingerprint density at radius 2 is 1.30 bits per heavy atom. The molecule has 0 aliphatic carbocycles. The number of anilines is 1. The highest BCUT2D eigenvalue weighted by Crippen LogP contribution is 2.26. The predicted octanol–water partition coefficient (Wildman–Crippen LogP) is 2.79. The molecular formula is C15H8F6N2O3S. The zero-order chi connectivity index (χ0) is 20.5. The second kappa shape index (κ2) is 7.31. The predicted molar refractivity (Wildman–Crippen MR) is 82.3 cm³/mol. The maximum Gasteiger partial charge on any atom is 0.267 e. The van der Waals surface area contributed by atoms with Crippen molar-refractivity contribution in [1.29, 1.82) is 0 Å². The molecule has 0 heterocycles. The van der Waals surface area contributed by atoms with Crippen LogP contribution in [-0.4, -0.2) is 14.3 Å². The van der Waals surface area contributed by atoms with Gasteiger partial charge in [0.15, 0.2) is 28.2 Å². The highest BCUT2D eigenvalue weighted by molar-refractivity contribution is 7.97. The average Bonchev–Trinajstić information content (AvgIpc) is 2.59. The molecule has 2 aromatic carbocycles. The van der Waals surface area contributed by atoms with Crippen molar-refractivity contribution in [3.63, 3.8) is 0 Å². The zero-order valence-corrected chi connectivity index (χ0v) is 13.7. The third kappa shape index (κ3) is 4.05. The first-order chi connectivity index (χ1) is 12.5. The van der Waals surface area contributed by atoms with E-state index < -0.39 is 61.3 Å². The van der Waals surface area contributed by atoms with Crippen LogP contribution in [0.15, 0.2) is 29.2 Å². The second-order valence-electron chi connectivity index (χ2n) is 4.97. The van der Waals surface area contributed by atoms with E-state index in [4.69, 9.17) is 5.73 Å². The summed E-state index contributed by atoms with van der Waals surface area (Å²) < 4.78 is 106. The molecule has 0 spiro atoms. The molecule has 12 heteroatoms. The van der Waals surface area contributed by atoms with Gasteiger partial charge in [-0.25, -0.2) is 34.8 Å². The molecular weight excluding hydrogens is 402 g/mol. The van der Waals surface area contributed by atoms with Crippen LogP contribution >= 0.6 is 0 Å². The number of sulfonamides is 1. The summed E-state index contributed by atoms with van der Waals surface area (Å²) in [6, 6.07) is 3.61. The normalized spacial score (nSPS) is 12.1. The summed E-state index contributed by atoms with van der Waals surface area (Å²) in [5.74, 6) is -14.3. The van der Waals surface area contributed by atoms with Gasteiger partial charge in [0.25, 0.3) is 15.9 Å². The molecule has 0 atom stereocenters. The van der Waals surface area contributed by atoms with Crippen LogP contribution < -0.4 is 10.5 Å². The minimum absolute atomic E-state index is 0.0928. The number of nitrogens with two attached hydrogens (primary N) is 1. The van der Waals surface area contributed by atoms with E-state index in [-0.39, 0.29) is 11.8 Å². The van der Waals surface area contributed by atoms with Crippen molar-refractivity contribution in [3.05, 3.63) is 69.6 Å². The van der Waals surface area contributed by atoms with Crippen LogP contribution in [0.5, 0.6) is 0 Å².